The van der Waals surface area contributed by atoms with E-state index in [4.69, 9.17) is 28.4 Å². The standard InChI is InChI=1S/C32H40O20/c33-7-19-22(40)24(42)27(45)31(50-19)48-17-5-11(35)4-16-12(17)6-18(28(47-16)10-1-2-13(36)14(37)3-10)49-32-29(25(43)23(41)20(8-34)51-32)52-30-26(44)21(39)15(38)9-46-30/h1-6,15-16,19-27,29-45H,7-9H2/p+1/t15-,16?,19-,20-,21+,22-,23-,24+,25+,26-,27-,29-,30+,31-,32-/m1/s1. The van der Waals surface area contributed by atoms with E-state index in [9.17, 15) is 66.4 Å². The number of ether oxygens (including phenoxy) is 7. The van der Waals surface area contributed by atoms with E-state index in [-0.39, 0.29) is 34.2 Å². The molecule has 15 atom stereocenters. The van der Waals surface area contributed by atoms with Crippen LogP contribution in [0.2, 0.25) is 0 Å². The molecule has 0 saturated carbocycles. The van der Waals surface area contributed by atoms with Crippen LogP contribution in [0.4, 0.5) is 0 Å². The second-order valence-electron chi connectivity index (χ2n) is 12.7. The minimum Gasteiger partial charge on any atom is -0.571 e. The molecule has 6 rings (SSSR count). The van der Waals surface area contributed by atoms with Crippen molar-refractivity contribution in [3.63, 3.8) is 0 Å². The lowest BCUT2D eigenvalue weighted by molar-refractivity contribution is -0.351. The summed E-state index contributed by atoms with van der Waals surface area (Å²) in [5.74, 6) is -1.88. The van der Waals surface area contributed by atoms with Gasteiger partial charge in [0, 0.05) is 18.2 Å². The molecule has 1 aromatic carbocycles. The Kier molecular flexibility index (Phi) is 11.3. The minimum atomic E-state index is -1.88. The third-order valence-electron chi connectivity index (χ3n) is 9.15. The van der Waals surface area contributed by atoms with E-state index in [0.29, 0.717) is 0 Å². The number of hydrogen-bond acceptors (Lipinski definition) is 19. The van der Waals surface area contributed by atoms with Gasteiger partial charge in [-0.05, 0) is 12.1 Å². The number of benzene rings is 1. The van der Waals surface area contributed by atoms with Gasteiger partial charge in [-0.25, -0.2) is 0 Å². The van der Waals surface area contributed by atoms with Crippen molar-refractivity contribution in [2.24, 2.45) is 0 Å². The van der Waals surface area contributed by atoms with Crippen molar-refractivity contribution in [2.45, 2.75) is 92.1 Å². The van der Waals surface area contributed by atoms with Crippen LogP contribution < -0.4 is 0 Å². The van der Waals surface area contributed by atoms with Crippen LogP contribution in [-0.4, -0.2) is 183 Å². The Morgan fingerprint density at radius 2 is 1.35 bits per heavy atom. The maximum absolute atomic E-state index is 11.1. The Morgan fingerprint density at radius 1 is 0.692 bits per heavy atom. The molecule has 288 valence electrons. The van der Waals surface area contributed by atoms with Gasteiger partial charge in [0.25, 0.3) is 0 Å². The molecule has 4 aliphatic heterocycles. The second-order valence-corrected chi connectivity index (χ2v) is 12.7. The van der Waals surface area contributed by atoms with Crippen molar-refractivity contribution in [2.75, 3.05) is 19.8 Å². The normalized spacial score (nSPS) is 40.9. The number of hydrogen-bond donors (Lipinski definition) is 13. The first-order valence-corrected chi connectivity index (χ1v) is 16.1. The predicted molar refractivity (Wildman–Crippen MR) is 166 cm³/mol. The van der Waals surface area contributed by atoms with Crippen LogP contribution in [0, 0.1) is 0 Å². The molecule has 14 N–H and O–H groups in total. The average molecular weight is 746 g/mol. The molecule has 0 radical (unpaired) electrons. The van der Waals surface area contributed by atoms with Gasteiger partial charge < -0.3 is 99.5 Å². The average Bonchev–Trinajstić information content (AvgIpc) is 3.12. The number of phenols is 2. The number of aromatic hydroxyl groups is 2. The fraction of sp³-hybridized carbons (Fsp3) is 0.562. The molecule has 1 unspecified atom stereocenters. The fourth-order valence-electron chi connectivity index (χ4n) is 6.18. The van der Waals surface area contributed by atoms with Crippen molar-refractivity contribution in [1.82, 2.24) is 0 Å². The van der Waals surface area contributed by atoms with Gasteiger partial charge in [0.2, 0.25) is 24.4 Å². The van der Waals surface area contributed by atoms with Crippen LogP contribution in [0.15, 0.2) is 59.3 Å². The van der Waals surface area contributed by atoms with Crippen molar-refractivity contribution in [1.29, 1.82) is 0 Å². The second kappa shape index (κ2) is 15.4. The first-order valence-electron chi connectivity index (χ1n) is 16.1. The Bertz CT molecular complexity index is 1570. The van der Waals surface area contributed by atoms with Gasteiger partial charge in [-0.3, -0.25) is 0 Å². The Hall–Kier alpha value is -3.58. The van der Waals surface area contributed by atoms with E-state index in [2.05, 4.69) is 4.74 Å². The first kappa shape index (κ1) is 38.2. The van der Waals surface area contributed by atoms with Crippen molar-refractivity contribution in [3.8, 4) is 11.5 Å². The van der Waals surface area contributed by atoms with E-state index in [1.54, 1.807) is 0 Å². The highest BCUT2D eigenvalue weighted by Gasteiger charge is 2.51. The summed E-state index contributed by atoms with van der Waals surface area (Å²) in [5.41, 5.74) is 0.252. The lowest BCUT2D eigenvalue weighted by Crippen LogP contribution is -2.63. The highest BCUT2D eigenvalue weighted by atomic mass is 16.8. The first-order chi connectivity index (χ1) is 24.7. The molecule has 3 saturated heterocycles. The largest absolute Gasteiger partial charge is 0.571 e. The maximum atomic E-state index is 11.1. The number of allylic oxidation sites excluding steroid dienone is 2. The van der Waals surface area contributed by atoms with Gasteiger partial charge in [-0.1, -0.05) is 0 Å². The van der Waals surface area contributed by atoms with Gasteiger partial charge >= 0.3 is 5.76 Å². The molecular weight excluding hydrogens is 704 g/mol. The summed E-state index contributed by atoms with van der Waals surface area (Å²) in [6, 6.07) is 3.64. The fourth-order valence-corrected chi connectivity index (χ4v) is 6.18. The van der Waals surface area contributed by atoms with Crippen molar-refractivity contribution >= 4 is 5.76 Å². The third kappa shape index (κ3) is 7.31. The van der Waals surface area contributed by atoms with Crippen LogP contribution in [0.1, 0.15) is 5.56 Å². The van der Waals surface area contributed by atoms with Crippen LogP contribution in [0.5, 0.6) is 11.5 Å². The maximum Gasteiger partial charge on any atom is 0.305 e. The lowest BCUT2D eigenvalue weighted by atomic mass is 9.96. The lowest BCUT2D eigenvalue weighted by Gasteiger charge is -2.44. The molecule has 4 heterocycles. The molecular formula is C32H41O20+. The van der Waals surface area contributed by atoms with Gasteiger partial charge in [0.05, 0.1) is 37.0 Å². The van der Waals surface area contributed by atoms with Gasteiger partial charge in [-0.15, -0.1) is 0 Å². The molecule has 0 amide bonds. The minimum absolute atomic E-state index is 0.0572. The number of phenolic OH excluding ortho intramolecular Hbond substituents is 2. The zero-order valence-electron chi connectivity index (χ0n) is 27.0. The number of rotatable bonds is 9. The summed E-state index contributed by atoms with van der Waals surface area (Å²) >= 11 is 0. The van der Waals surface area contributed by atoms with E-state index < -0.39 is 123 Å². The monoisotopic (exact) mass is 745 g/mol. The highest BCUT2D eigenvalue weighted by molar-refractivity contribution is 5.69. The summed E-state index contributed by atoms with van der Waals surface area (Å²) in [6.07, 6.45) is -21.0. The molecule has 52 heavy (non-hydrogen) atoms. The molecule has 0 bridgehead atoms. The number of aliphatic hydroxyl groups excluding tert-OH is 11. The molecule has 20 heteroatoms. The van der Waals surface area contributed by atoms with Crippen molar-refractivity contribution in [3.05, 3.63) is 64.8 Å². The summed E-state index contributed by atoms with van der Waals surface area (Å²) in [7, 11) is 0. The Morgan fingerprint density at radius 3 is 2.02 bits per heavy atom. The summed E-state index contributed by atoms with van der Waals surface area (Å²) in [5, 5.41) is 134. The summed E-state index contributed by atoms with van der Waals surface area (Å²) in [4.78, 5) is 0. The van der Waals surface area contributed by atoms with E-state index in [0.717, 1.165) is 18.2 Å². The summed E-state index contributed by atoms with van der Waals surface area (Å²) < 4.78 is 38.9. The van der Waals surface area contributed by atoms with Crippen LogP contribution >= 0.6 is 0 Å². The van der Waals surface area contributed by atoms with Crippen LogP contribution in [0.3, 0.4) is 0 Å². The number of fused-ring (bicyclic) bond motifs is 1. The molecule has 1 aliphatic carbocycles. The SMILES string of the molecule is OC[C@H]1O[C@@H](OC2=CC(O)=CC3[OH+]C(c4ccc(O)c(O)c4)=C(O[C@@H]4O[C@H](CO)[C@@H](O)[C@H](O)[C@H]4O[C@@H]4OC[C@@H](O)[C@H](O)[C@H]4O)C=C23)[C@H](O)[C@@H](O)[C@@H]1O. The van der Waals surface area contributed by atoms with Crippen LogP contribution in [-0.2, 0) is 28.4 Å². The molecule has 5 aliphatic rings. The van der Waals surface area contributed by atoms with Gasteiger partial charge in [-0.2, -0.15) is 0 Å². The highest BCUT2D eigenvalue weighted by Crippen LogP contribution is 2.40. The topological polar surface area (TPSA) is 331 Å². The molecule has 0 spiro atoms. The molecule has 1 aromatic rings. The molecule has 0 aromatic heterocycles. The molecule has 3 fully saturated rings. The van der Waals surface area contributed by atoms with Gasteiger partial charge in [0.1, 0.15) is 72.6 Å². The molecule has 20 nitrogen and oxygen atoms in total. The van der Waals surface area contributed by atoms with E-state index in [1.165, 1.54) is 18.2 Å². The smallest absolute Gasteiger partial charge is 0.305 e. The van der Waals surface area contributed by atoms with Crippen LogP contribution in [0.25, 0.3) is 5.76 Å². The quantitative estimate of drug-likeness (QED) is 0.0831. The predicted octanol–water partition coefficient (Wildman–Crippen LogP) is -4.96. The zero-order valence-corrected chi connectivity index (χ0v) is 27.0. The third-order valence-corrected chi connectivity index (χ3v) is 9.15. The van der Waals surface area contributed by atoms with E-state index in [1.807, 2.05) is 0 Å². The zero-order chi connectivity index (χ0) is 37.6. The van der Waals surface area contributed by atoms with E-state index >= 15 is 0 Å². The Labute approximate surface area is 293 Å². The Balaban J connectivity index is 1.38. The number of aliphatic hydroxyl groups is 13. The summed E-state index contributed by atoms with van der Waals surface area (Å²) in [6.45, 7) is -2.04. The van der Waals surface area contributed by atoms with Gasteiger partial charge in [0.15, 0.2) is 23.9 Å². The van der Waals surface area contributed by atoms with Crippen molar-refractivity contribution < 1.29 is 99.5 Å².